The number of nitrogens with one attached hydrogen (secondary N) is 3. The lowest BCUT2D eigenvalue weighted by Gasteiger charge is -2.38. The highest BCUT2D eigenvalue weighted by Crippen LogP contribution is 2.65. The average molecular weight is 605 g/mol. The molecular weight excluding hydrogens is 552 g/mol. The van der Waals surface area contributed by atoms with Gasteiger partial charge in [0.2, 0.25) is 23.5 Å². The molecule has 0 aromatic rings. The fourth-order valence-electron chi connectivity index (χ4n) is 6.56. The highest BCUT2D eigenvalue weighted by molar-refractivity contribution is 6.37. The predicted octanol–water partition coefficient (Wildman–Crippen LogP) is 1.56. The number of ketones is 1. The van der Waals surface area contributed by atoms with Gasteiger partial charge in [-0.3, -0.25) is 24.0 Å². The molecule has 0 aromatic heterocycles. The Morgan fingerprint density at radius 2 is 1.65 bits per heavy atom. The largest absolute Gasteiger partial charge is 0.363 e. The van der Waals surface area contributed by atoms with Gasteiger partial charge in [0.05, 0.1) is 12.6 Å². The summed E-state index contributed by atoms with van der Waals surface area (Å²) in [7, 11) is 3.15. The second-order valence-corrected chi connectivity index (χ2v) is 14.5. The van der Waals surface area contributed by atoms with Crippen molar-refractivity contribution < 1.29 is 28.8 Å². The Labute approximate surface area is 255 Å². The Balaban J connectivity index is 1.72. The van der Waals surface area contributed by atoms with E-state index in [4.69, 9.17) is 5.73 Å². The molecule has 242 valence electrons. The van der Waals surface area contributed by atoms with Crippen LogP contribution in [0.1, 0.15) is 86.0 Å². The molecule has 0 spiro atoms. The number of primary amides is 1. The SMILES string of the molecule is CN(C)C(=O)CNC(=O)N[C@H](C(=O)N1C[C@H]2[C@@H]([C@H]1C(=O)NC(CCCCCC1CCC1)C(=O)C(N)=O)C2(C)C)C(C)(C)C. The van der Waals surface area contributed by atoms with E-state index in [0.717, 1.165) is 25.2 Å². The predicted molar refractivity (Wildman–Crippen MR) is 161 cm³/mol. The first-order valence-corrected chi connectivity index (χ1v) is 15.7. The van der Waals surface area contributed by atoms with Gasteiger partial charge >= 0.3 is 6.03 Å². The number of fused-ring (bicyclic) bond motifs is 1. The first-order valence-electron chi connectivity index (χ1n) is 15.7. The number of likely N-dealkylation sites (tertiary alicyclic amines) is 1. The fraction of sp³-hybridized carbons (Fsp3) is 0.806. The molecule has 12 nitrogen and oxygen atoms in total. The van der Waals surface area contributed by atoms with Crippen LogP contribution in [0, 0.1) is 28.6 Å². The number of likely N-dealkylation sites (N-methyl/N-ethyl adjacent to an activating group) is 1. The van der Waals surface area contributed by atoms with Gasteiger partial charge in [-0.25, -0.2) is 4.79 Å². The van der Waals surface area contributed by atoms with Crippen molar-refractivity contribution in [3.63, 3.8) is 0 Å². The number of nitrogens with zero attached hydrogens (tertiary/aromatic N) is 2. The van der Waals surface area contributed by atoms with Gasteiger partial charge in [-0.15, -0.1) is 0 Å². The van der Waals surface area contributed by atoms with Gasteiger partial charge in [-0.05, 0) is 35.0 Å². The molecule has 2 aliphatic carbocycles. The maximum absolute atomic E-state index is 14.0. The van der Waals surface area contributed by atoms with Crippen molar-refractivity contribution >= 4 is 35.4 Å². The fourth-order valence-corrected chi connectivity index (χ4v) is 6.56. The lowest BCUT2D eigenvalue weighted by Crippen LogP contribution is -2.61. The lowest BCUT2D eigenvalue weighted by atomic mass is 9.81. The molecule has 6 amide bonds. The highest BCUT2D eigenvalue weighted by Gasteiger charge is 2.69. The summed E-state index contributed by atoms with van der Waals surface area (Å²) in [6.45, 7) is 9.63. The molecule has 0 bridgehead atoms. The molecule has 2 saturated carbocycles. The number of hydrogen-bond acceptors (Lipinski definition) is 6. The van der Waals surface area contributed by atoms with Crippen molar-refractivity contribution in [2.45, 2.75) is 104 Å². The molecule has 1 heterocycles. The van der Waals surface area contributed by atoms with Gasteiger partial charge in [0.25, 0.3) is 5.91 Å². The van der Waals surface area contributed by atoms with Crippen molar-refractivity contribution in [3.8, 4) is 0 Å². The van der Waals surface area contributed by atoms with E-state index in [0.29, 0.717) is 19.4 Å². The van der Waals surface area contributed by atoms with Gasteiger partial charge in [0, 0.05) is 20.6 Å². The van der Waals surface area contributed by atoms with Gasteiger partial charge < -0.3 is 31.5 Å². The van der Waals surface area contributed by atoms with Crippen LogP contribution in [-0.2, 0) is 24.0 Å². The van der Waals surface area contributed by atoms with E-state index in [1.807, 2.05) is 34.6 Å². The summed E-state index contributed by atoms with van der Waals surface area (Å²) >= 11 is 0. The zero-order valence-electron chi connectivity index (χ0n) is 27.0. The van der Waals surface area contributed by atoms with E-state index in [1.54, 1.807) is 14.1 Å². The first-order chi connectivity index (χ1) is 20.0. The number of unbranched alkanes of at least 4 members (excludes halogenated alkanes) is 2. The number of piperidine rings is 1. The molecule has 0 radical (unpaired) electrons. The normalized spacial score (nSPS) is 23.7. The average Bonchev–Trinajstić information content (AvgIpc) is 3.21. The minimum Gasteiger partial charge on any atom is -0.363 e. The Hall–Kier alpha value is -3.18. The topological polar surface area (TPSA) is 171 Å². The third kappa shape index (κ3) is 8.26. The van der Waals surface area contributed by atoms with Crippen LogP contribution in [0.4, 0.5) is 4.79 Å². The van der Waals surface area contributed by atoms with Crippen LogP contribution in [0.25, 0.3) is 0 Å². The minimum absolute atomic E-state index is 0.0798. The zero-order chi connectivity index (χ0) is 32.3. The van der Waals surface area contributed by atoms with E-state index in [9.17, 15) is 28.8 Å². The quantitative estimate of drug-likeness (QED) is 0.173. The Kier molecular flexibility index (Phi) is 10.9. The monoisotopic (exact) mass is 604 g/mol. The number of Topliss-reactive ketones (excluding diaryl/α,β-unsaturated/α-hetero) is 1. The van der Waals surface area contributed by atoms with Crippen molar-refractivity contribution in [2.24, 2.45) is 34.3 Å². The van der Waals surface area contributed by atoms with E-state index in [-0.39, 0.29) is 29.7 Å². The van der Waals surface area contributed by atoms with Crippen molar-refractivity contribution in [1.82, 2.24) is 25.8 Å². The standard InChI is InChI=1S/C31H52N6O6/c1-30(2,3)25(35-29(43)33-16-21(38)36(6)7)28(42)37-17-19-22(31(19,4)5)23(37)27(41)34-20(24(39)26(32)40)15-10-8-9-12-18-13-11-14-18/h18-20,22-23,25H,8-17H2,1-7H3,(H2,32,40)(H,34,41)(H2,33,35,43)/t19-,20?,22-,23-,25+/m0/s1. The Morgan fingerprint density at radius 3 is 2.19 bits per heavy atom. The van der Waals surface area contributed by atoms with E-state index >= 15 is 0 Å². The van der Waals surface area contributed by atoms with Crippen LogP contribution in [0.3, 0.4) is 0 Å². The van der Waals surface area contributed by atoms with Crippen molar-refractivity contribution in [2.75, 3.05) is 27.2 Å². The van der Waals surface area contributed by atoms with Crippen LogP contribution < -0.4 is 21.7 Å². The number of nitrogens with two attached hydrogens (primary N) is 1. The van der Waals surface area contributed by atoms with Crippen LogP contribution in [0.2, 0.25) is 0 Å². The molecule has 1 saturated heterocycles. The number of hydrogen-bond donors (Lipinski definition) is 4. The van der Waals surface area contributed by atoms with Gasteiger partial charge in [-0.1, -0.05) is 79.6 Å². The van der Waals surface area contributed by atoms with E-state index in [2.05, 4.69) is 16.0 Å². The van der Waals surface area contributed by atoms with Gasteiger partial charge in [0.1, 0.15) is 12.1 Å². The molecule has 1 aliphatic heterocycles. The molecule has 3 rings (SSSR count). The summed E-state index contributed by atoms with van der Waals surface area (Å²) in [5.74, 6) is -2.40. The van der Waals surface area contributed by atoms with Crippen LogP contribution in [0.15, 0.2) is 0 Å². The Bertz CT molecular complexity index is 1090. The maximum atomic E-state index is 14.0. The summed E-state index contributed by atoms with van der Waals surface area (Å²) in [6, 6.07) is -3.57. The molecule has 1 unspecified atom stereocenters. The van der Waals surface area contributed by atoms with E-state index in [1.165, 1.54) is 29.1 Å². The summed E-state index contributed by atoms with van der Waals surface area (Å²) in [6.07, 6.45) is 7.91. The summed E-state index contributed by atoms with van der Waals surface area (Å²) in [5.41, 5.74) is 4.44. The van der Waals surface area contributed by atoms with Gasteiger partial charge in [0.15, 0.2) is 0 Å². The van der Waals surface area contributed by atoms with Crippen LogP contribution >= 0.6 is 0 Å². The van der Waals surface area contributed by atoms with Crippen molar-refractivity contribution in [1.29, 1.82) is 0 Å². The molecule has 5 N–H and O–H groups in total. The number of amides is 6. The van der Waals surface area contributed by atoms with Crippen LogP contribution in [0.5, 0.6) is 0 Å². The number of carbonyl (C=O) groups is 6. The molecule has 3 aliphatic rings. The summed E-state index contributed by atoms with van der Waals surface area (Å²) in [4.78, 5) is 79.9. The number of urea groups is 1. The second kappa shape index (κ2) is 13.6. The smallest absolute Gasteiger partial charge is 0.315 e. The third-order valence-corrected chi connectivity index (χ3v) is 9.75. The molecule has 0 aromatic carbocycles. The first kappa shape index (κ1) is 34.3. The molecular formula is C31H52N6O6. The lowest BCUT2D eigenvalue weighted by molar-refractivity contribution is -0.145. The molecule has 5 atom stereocenters. The highest BCUT2D eigenvalue weighted by atomic mass is 16.2. The summed E-state index contributed by atoms with van der Waals surface area (Å²) in [5, 5.41) is 7.98. The molecule has 43 heavy (non-hydrogen) atoms. The Morgan fingerprint density at radius 1 is 1.00 bits per heavy atom. The third-order valence-electron chi connectivity index (χ3n) is 9.75. The van der Waals surface area contributed by atoms with E-state index < -0.39 is 53.1 Å². The maximum Gasteiger partial charge on any atom is 0.315 e. The minimum atomic E-state index is -1.10. The summed E-state index contributed by atoms with van der Waals surface area (Å²) < 4.78 is 0. The molecule has 12 heteroatoms. The van der Waals surface area contributed by atoms with Crippen molar-refractivity contribution in [3.05, 3.63) is 0 Å². The molecule has 3 fully saturated rings. The number of carbonyl (C=O) groups excluding carboxylic acids is 6. The van der Waals surface area contributed by atoms with Gasteiger partial charge in [-0.2, -0.15) is 0 Å². The van der Waals surface area contributed by atoms with Crippen LogP contribution in [-0.4, -0.2) is 90.6 Å². The zero-order valence-corrected chi connectivity index (χ0v) is 27.0. The second-order valence-electron chi connectivity index (χ2n) is 14.5. The number of rotatable bonds is 14.